The van der Waals surface area contributed by atoms with Crippen LogP contribution < -0.4 is 31.1 Å². The van der Waals surface area contributed by atoms with Gasteiger partial charge in [-0.2, -0.15) is 0 Å². The molecule has 9 aromatic rings. The molecule has 78 heavy (non-hydrogen) atoms. The monoisotopic (exact) mass is 1020 g/mol. The van der Waals surface area contributed by atoms with E-state index in [9.17, 15) is 0 Å². The zero-order valence-electron chi connectivity index (χ0n) is 49.3. The van der Waals surface area contributed by atoms with Crippen LogP contribution in [0.4, 0.5) is 51.2 Å². The maximum Gasteiger partial charge on any atom is 0.252 e. The topological polar surface area (TPSA) is 22.9 Å². The second-order valence-electron chi connectivity index (χ2n) is 28.6. The first-order chi connectivity index (χ1) is 36.7. The van der Waals surface area contributed by atoms with Crippen molar-refractivity contribution in [1.29, 1.82) is 0 Å². The maximum absolute atomic E-state index is 6.75. The second kappa shape index (κ2) is 16.8. The second-order valence-corrected chi connectivity index (χ2v) is 28.6. The molecule has 0 fully saturated rings. The van der Waals surface area contributed by atoms with E-state index in [0.717, 1.165) is 64.0 Å². The third-order valence-electron chi connectivity index (χ3n) is 19.0. The molecule has 0 amide bonds. The van der Waals surface area contributed by atoms with E-state index < -0.39 is 0 Å². The first kappa shape index (κ1) is 50.5. The molecule has 13 rings (SSSR count). The van der Waals surface area contributed by atoms with Crippen LogP contribution in [0.2, 0.25) is 0 Å². The van der Waals surface area contributed by atoms with Gasteiger partial charge in [0.15, 0.2) is 0 Å². The number of rotatable bonds is 5. The number of para-hydroxylation sites is 1. The molecule has 2 aliphatic heterocycles. The molecule has 8 aromatic carbocycles. The Kier molecular flexibility index (Phi) is 10.9. The van der Waals surface area contributed by atoms with Gasteiger partial charge in [0.05, 0.1) is 11.1 Å². The van der Waals surface area contributed by atoms with Gasteiger partial charge in [-0.3, -0.25) is 0 Å². The van der Waals surface area contributed by atoms with Gasteiger partial charge < -0.3 is 19.1 Å². The molecule has 0 saturated heterocycles. The van der Waals surface area contributed by atoms with Crippen LogP contribution in [-0.2, 0) is 32.5 Å². The van der Waals surface area contributed by atoms with Gasteiger partial charge in [0.1, 0.15) is 11.2 Å². The Bertz CT molecular complexity index is 3890. The number of hydrogen-bond acceptors (Lipinski definition) is 4. The molecule has 4 nitrogen and oxygen atoms in total. The average Bonchev–Trinajstić information content (AvgIpc) is 2.58. The van der Waals surface area contributed by atoms with Crippen LogP contribution >= 0.6 is 0 Å². The van der Waals surface area contributed by atoms with Crippen molar-refractivity contribution < 1.29 is 4.42 Å². The minimum absolute atomic E-state index is 0.0111. The highest BCUT2D eigenvalue weighted by atomic mass is 16.3. The van der Waals surface area contributed by atoms with Gasteiger partial charge in [-0.25, -0.2) is 0 Å². The van der Waals surface area contributed by atoms with Gasteiger partial charge in [0, 0.05) is 50.9 Å². The lowest BCUT2D eigenvalue weighted by Crippen LogP contribution is -2.62. The summed E-state index contributed by atoms with van der Waals surface area (Å²) in [5.41, 5.74) is 27.8. The van der Waals surface area contributed by atoms with Crippen LogP contribution in [0.25, 0.3) is 21.9 Å². The quantitative estimate of drug-likeness (QED) is 0.160. The van der Waals surface area contributed by atoms with E-state index in [1.165, 1.54) is 89.3 Å². The molecular weight excluding hydrogens is 946 g/mol. The summed E-state index contributed by atoms with van der Waals surface area (Å²) < 4.78 is 6.75. The molecule has 4 aliphatic rings. The van der Waals surface area contributed by atoms with Crippen LogP contribution in [0.5, 0.6) is 0 Å². The highest BCUT2D eigenvalue weighted by Crippen LogP contribution is 2.56. The van der Waals surface area contributed by atoms with Gasteiger partial charge in [0.2, 0.25) is 0 Å². The van der Waals surface area contributed by atoms with Crippen LogP contribution in [0, 0.1) is 13.8 Å². The Labute approximate surface area is 465 Å². The maximum atomic E-state index is 6.75. The number of anilines is 9. The summed E-state index contributed by atoms with van der Waals surface area (Å²) in [4.78, 5) is 7.80. The lowest BCUT2D eigenvalue weighted by atomic mass is 9.33. The molecule has 0 unspecified atom stereocenters. The standard InChI is InChI=1S/C73H78BN3O/c1-44-36-62-67-63(37-44)77(59-41-55-52(38-45(59)2)72(13,14)43-73(55,15)16)61-42-54-53(70(9,10)34-35-71(54,11)12)40-57(61)74(67)56-33-32-50(39-60(56)76(62)58-21-19-23-65-66(58)51-20-17-18-22-64(51)78-65)75(48-28-24-46(25-29-48)68(3,4)5)49-30-26-47(27-31-49)69(6,7)8/h17-33,36-42H,34-35,43H2,1-16H3. The van der Waals surface area contributed by atoms with Gasteiger partial charge >= 0.3 is 0 Å². The molecule has 5 heteroatoms. The molecule has 0 radical (unpaired) electrons. The number of fused-ring (bicyclic) bond motifs is 9. The van der Waals surface area contributed by atoms with Gasteiger partial charge in [-0.1, -0.05) is 164 Å². The van der Waals surface area contributed by atoms with E-state index >= 15 is 0 Å². The normalized spacial score (nSPS) is 17.4. The fraction of sp³-hybridized carbons (Fsp3) is 0.342. The third kappa shape index (κ3) is 7.67. The van der Waals surface area contributed by atoms with Crippen LogP contribution in [0.15, 0.2) is 150 Å². The first-order valence-corrected chi connectivity index (χ1v) is 28.9. The Morgan fingerprint density at radius 1 is 0.449 bits per heavy atom. The number of nitrogens with zero attached hydrogens (tertiary/aromatic N) is 3. The number of aryl methyl sites for hydroxylation is 2. The van der Waals surface area contributed by atoms with Crippen molar-refractivity contribution in [3.05, 3.63) is 190 Å². The SMILES string of the molecule is Cc1cc2c3c(c1)N(c1cccc4oc5ccccc5c14)c1cc(N(c4ccc(C(C)(C)C)cc4)c4ccc(C(C)(C)C)cc4)ccc1B3c1cc3c(cc1N2c1cc2c(cc1C)C(C)(C)CC2(C)C)C(C)(C)CCC3(C)C. The van der Waals surface area contributed by atoms with Crippen molar-refractivity contribution in [2.75, 3.05) is 14.7 Å². The van der Waals surface area contributed by atoms with Crippen molar-refractivity contribution in [2.45, 2.75) is 163 Å². The molecule has 0 N–H and O–H groups in total. The number of hydrogen-bond donors (Lipinski definition) is 0. The molecule has 1 aromatic heterocycles. The van der Waals surface area contributed by atoms with Crippen molar-refractivity contribution in [2.24, 2.45) is 0 Å². The number of benzene rings is 8. The fourth-order valence-electron chi connectivity index (χ4n) is 14.8. The Balaban J connectivity index is 1.13. The zero-order chi connectivity index (χ0) is 55.0. The first-order valence-electron chi connectivity index (χ1n) is 28.9. The highest BCUT2D eigenvalue weighted by molar-refractivity contribution is 7.00. The van der Waals surface area contributed by atoms with E-state index in [1.54, 1.807) is 0 Å². The van der Waals surface area contributed by atoms with Crippen molar-refractivity contribution in [3.63, 3.8) is 0 Å². The predicted octanol–water partition coefficient (Wildman–Crippen LogP) is 18.7. The summed E-state index contributed by atoms with van der Waals surface area (Å²) in [5.74, 6) is 0. The van der Waals surface area contributed by atoms with Crippen LogP contribution in [0.3, 0.4) is 0 Å². The predicted molar refractivity (Wildman–Crippen MR) is 335 cm³/mol. The summed E-state index contributed by atoms with van der Waals surface area (Å²) in [6.45, 7) is 38.2. The largest absolute Gasteiger partial charge is 0.456 e. The lowest BCUT2D eigenvalue weighted by Gasteiger charge is -2.48. The molecule has 0 atom stereocenters. The molecule has 0 spiro atoms. The summed E-state index contributed by atoms with van der Waals surface area (Å²) in [7, 11) is 0. The molecular formula is C73H78BN3O. The van der Waals surface area contributed by atoms with E-state index in [2.05, 4.69) is 271 Å². The Morgan fingerprint density at radius 3 is 1.55 bits per heavy atom. The fourth-order valence-corrected chi connectivity index (χ4v) is 14.8. The van der Waals surface area contributed by atoms with Crippen molar-refractivity contribution in [1.82, 2.24) is 0 Å². The molecule has 0 saturated carbocycles. The minimum Gasteiger partial charge on any atom is -0.456 e. The lowest BCUT2D eigenvalue weighted by molar-refractivity contribution is 0.332. The van der Waals surface area contributed by atoms with Crippen LogP contribution in [-0.4, -0.2) is 6.71 Å². The Morgan fingerprint density at radius 2 is 0.949 bits per heavy atom. The summed E-state index contributed by atoms with van der Waals surface area (Å²) in [5, 5.41) is 2.24. The van der Waals surface area contributed by atoms with E-state index in [4.69, 9.17) is 4.42 Å². The van der Waals surface area contributed by atoms with Gasteiger partial charge in [0.25, 0.3) is 6.71 Å². The van der Waals surface area contributed by atoms with Gasteiger partial charge in [-0.05, 0) is 205 Å². The average molecular weight is 1020 g/mol. The number of furan rings is 1. The Hall–Kier alpha value is -6.98. The summed E-state index contributed by atoms with van der Waals surface area (Å²) >= 11 is 0. The van der Waals surface area contributed by atoms with Crippen molar-refractivity contribution >= 4 is 96.2 Å². The van der Waals surface area contributed by atoms with E-state index in [0.29, 0.717) is 0 Å². The highest BCUT2D eigenvalue weighted by Gasteiger charge is 2.48. The van der Waals surface area contributed by atoms with Crippen molar-refractivity contribution in [3.8, 4) is 0 Å². The summed E-state index contributed by atoms with van der Waals surface area (Å²) in [6, 6.07) is 56.6. The van der Waals surface area contributed by atoms with E-state index in [1.807, 2.05) is 0 Å². The zero-order valence-corrected chi connectivity index (χ0v) is 49.3. The smallest absolute Gasteiger partial charge is 0.252 e. The van der Waals surface area contributed by atoms with E-state index in [-0.39, 0.29) is 39.2 Å². The summed E-state index contributed by atoms with van der Waals surface area (Å²) in [6.07, 6.45) is 3.42. The molecule has 0 bridgehead atoms. The molecule has 2 aliphatic carbocycles. The molecule has 3 heterocycles. The minimum atomic E-state index is -0.0516. The third-order valence-corrected chi connectivity index (χ3v) is 19.0. The molecule has 394 valence electrons. The van der Waals surface area contributed by atoms with Gasteiger partial charge in [-0.15, -0.1) is 0 Å². The van der Waals surface area contributed by atoms with Crippen LogP contribution in [0.1, 0.15) is 161 Å².